The van der Waals surface area contributed by atoms with Crippen LogP contribution in [0.1, 0.15) is 30.0 Å². The van der Waals surface area contributed by atoms with Gasteiger partial charge >= 0.3 is 5.97 Å². The Morgan fingerprint density at radius 1 is 1.21 bits per heavy atom. The number of hydrogen-bond acceptors (Lipinski definition) is 4. The summed E-state index contributed by atoms with van der Waals surface area (Å²) in [6.45, 7) is 5.45. The molecule has 24 heavy (non-hydrogen) atoms. The van der Waals surface area contributed by atoms with Crippen molar-refractivity contribution in [2.45, 2.75) is 20.8 Å². The van der Waals surface area contributed by atoms with Crippen LogP contribution in [0.4, 0.5) is 5.69 Å². The van der Waals surface area contributed by atoms with Gasteiger partial charge in [0.2, 0.25) is 11.7 Å². The fraction of sp³-hybridized carbons (Fsp3) is 0.235. The molecule has 2 aromatic rings. The Hall–Kier alpha value is -2.67. The molecular formula is C17H18N2O4S. The number of carboxylic acid groups (broad SMARTS) is 1. The van der Waals surface area contributed by atoms with Gasteiger partial charge in [0.05, 0.1) is 0 Å². The molecule has 1 amide bonds. The lowest BCUT2D eigenvalue weighted by atomic mass is 10.1. The molecule has 7 heteroatoms. The maximum absolute atomic E-state index is 11.7. The summed E-state index contributed by atoms with van der Waals surface area (Å²) in [4.78, 5) is 22.6. The van der Waals surface area contributed by atoms with Crippen LogP contribution in [0.25, 0.3) is 11.3 Å². The van der Waals surface area contributed by atoms with Crippen LogP contribution in [-0.2, 0) is 4.79 Å². The topological polar surface area (TPSA) is 91.6 Å². The van der Waals surface area contributed by atoms with Crippen LogP contribution in [0.15, 0.2) is 34.7 Å². The molecule has 0 aliphatic carbocycles. The van der Waals surface area contributed by atoms with Gasteiger partial charge < -0.3 is 20.2 Å². The van der Waals surface area contributed by atoms with E-state index in [1.54, 1.807) is 26.0 Å². The highest BCUT2D eigenvalue weighted by Gasteiger charge is 2.13. The van der Waals surface area contributed by atoms with E-state index >= 15 is 0 Å². The van der Waals surface area contributed by atoms with Gasteiger partial charge in [-0.1, -0.05) is 26.0 Å². The molecule has 0 saturated heterocycles. The van der Waals surface area contributed by atoms with Gasteiger partial charge in [0.1, 0.15) is 5.76 Å². The van der Waals surface area contributed by atoms with Crippen LogP contribution in [0.3, 0.4) is 0 Å². The SMILES string of the molecule is Cc1ccc(-c2ccc(C(=O)O)o2)cc1NC(=S)NC(=O)C(C)C. The van der Waals surface area contributed by atoms with Crippen molar-refractivity contribution >= 4 is 34.9 Å². The summed E-state index contributed by atoms with van der Waals surface area (Å²) in [5.41, 5.74) is 2.33. The van der Waals surface area contributed by atoms with Gasteiger partial charge in [-0.15, -0.1) is 0 Å². The number of thiocarbonyl (C=S) groups is 1. The number of amides is 1. The zero-order valence-electron chi connectivity index (χ0n) is 13.5. The number of nitrogens with one attached hydrogen (secondary N) is 2. The molecule has 0 bridgehead atoms. The van der Waals surface area contributed by atoms with Crippen LogP contribution in [0.5, 0.6) is 0 Å². The van der Waals surface area contributed by atoms with Gasteiger partial charge in [-0.25, -0.2) is 4.79 Å². The maximum Gasteiger partial charge on any atom is 0.371 e. The summed E-state index contributed by atoms with van der Waals surface area (Å²) in [7, 11) is 0. The van der Waals surface area contributed by atoms with Crippen molar-refractivity contribution in [2.24, 2.45) is 5.92 Å². The summed E-state index contributed by atoms with van der Waals surface area (Å²) in [6, 6.07) is 8.46. The first kappa shape index (κ1) is 17.7. The molecule has 1 aromatic heterocycles. The van der Waals surface area contributed by atoms with Gasteiger partial charge in [-0.3, -0.25) is 4.79 Å². The van der Waals surface area contributed by atoms with Gasteiger partial charge in [0.15, 0.2) is 5.11 Å². The Morgan fingerprint density at radius 2 is 1.92 bits per heavy atom. The Balaban J connectivity index is 2.20. The Bertz CT molecular complexity index is 796. The van der Waals surface area contributed by atoms with E-state index in [4.69, 9.17) is 21.7 Å². The average Bonchev–Trinajstić information content (AvgIpc) is 2.99. The molecule has 0 aliphatic heterocycles. The van der Waals surface area contributed by atoms with Crippen molar-refractivity contribution < 1.29 is 19.1 Å². The number of hydrogen-bond donors (Lipinski definition) is 3. The first-order valence-electron chi connectivity index (χ1n) is 7.34. The molecule has 2 rings (SSSR count). The predicted molar refractivity (Wildman–Crippen MR) is 95.0 cm³/mol. The fourth-order valence-corrected chi connectivity index (χ4v) is 2.14. The van der Waals surface area contributed by atoms with Crippen molar-refractivity contribution in [1.29, 1.82) is 0 Å². The zero-order chi connectivity index (χ0) is 17.9. The third-order valence-corrected chi connectivity index (χ3v) is 3.55. The highest BCUT2D eigenvalue weighted by Crippen LogP contribution is 2.27. The second-order valence-corrected chi connectivity index (χ2v) is 6.01. The zero-order valence-corrected chi connectivity index (χ0v) is 14.4. The molecular weight excluding hydrogens is 328 g/mol. The predicted octanol–water partition coefficient (Wildman–Crippen LogP) is 3.42. The molecule has 0 aliphatic rings. The standard InChI is InChI=1S/C17H18N2O4S/c1-9(2)15(20)19-17(24)18-12-8-11(5-4-10(12)3)13-6-7-14(23-13)16(21)22/h4-9H,1-3H3,(H,21,22)(H2,18,19,20,24). The number of carboxylic acids is 1. The minimum Gasteiger partial charge on any atom is -0.475 e. The smallest absolute Gasteiger partial charge is 0.371 e. The summed E-state index contributed by atoms with van der Waals surface area (Å²) in [6.07, 6.45) is 0. The van der Waals surface area contributed by atoms with E-state index in [1.165, 1.54) is 6.07 Å². The maximum atomic E-state index is 11.7. The van der Waals surface area contributed by atoms with Crippen LogP contribution >= 0.6 is 12.2 Å². The largest absolute Gasteiger partial charge is 0.475 e. The lowest BCUT2D eigenvalue weighted by Gasteiger charge is -2.13. The lowest BCUT2D eigenvalue weighted by Crippen LogP contribution is -2.36. The van der Waals surface area contributed by atoms with Crippen molar-refractivity contribution in [3.05, 3.63) is 41.7 Å². The molecule has 1 aromatic carbocycles. The van der Waals surface area contributed by atoms with E-state index in [0.29, 0.717) is 17.0 Å². The lowest BCUT2D eigenvalue weighted by molar-refractivity contribution is -0.122. The number of aromatic carboxylic acids is 1. The molecule has 0 atom stereocenters. The monoisotopic (exact) mass is 346 g/mol. The molecule has 0 radical (unpaired) electrons. The number of carbonyl (C=O) groups excluding carboxylic acids is 1. The number of aryl methyl sites for hydroxylation is 1. The minimum atomic E-state index is -1.12. The first-order chi connectivity index (χ1) is 11.3. The number of benzene rings is 1. The second-order valence-electron chi connectivity index (χ2n) is 5.60. The van der Waals surface area contributed by atoms with E-state index in [-0.39, 0.29) is 22.7 Å². The van der Waals surface area contributed by atoms with Crippen molar-refractivity contribution in [1.82, 2.24) is 5.32 Å². The summed E-state index contributed by atoms with van der Waals surface area (Å²) >= 11 is 5.15. The van der Waals surface area contributed by atoms with E-state index in [0.717, 1.165) is 5.56 Å². The normalized spacial score (nSPS) is 10.5. The summed E-state index contributed by atoms with van der Waals surface area (Å²) in [5.74, 6) is -1.15. The Labute approximate surface area is 144 Å². The minimum absolute atomic E-state index is 0.125. The number of furan rings is 1. The van der Waals surface area contributed by atoms with E-state index < -0.39 is 5.97 Å². The highest BCUT2D eigenvalue weighted by molar-refractivity contribution is 7.80. The quantitative estimate of drug-likeness (QED) is 0.735. The molecule has 0 fully saturated rings. The first-order valence-corrected chi connectivity index (χ1v) is 7.74. The molecule has 3 N–H and O–H groups in total. The summed E-state index contributed by atoms with van der Waals surface area (Å²) < 4.78 is 5.30. The number of rotatable bonds is 4. The van der Waals surface area contributed by atoms with Crippen molar-refractivity contribution in [2.75, 3.05) is 5.32 Å². The van der Waals surface area contributed by atoms with Gasteiger partial charge in [0.25, 0.3) is 0 Å². The van der Waals surface area contributed by atoms with E-state index in [1.807, 2.05) is 19.1 Å². The van der Waals surface area contributed by atoms with Crippen molar-refractivity contribution in [3.8, 4) is 11.3 Å². The number of carbonyl (C=O) groups is 2. The van der Waals surface area contributed by atoms with E-state index in [2.05, 4.69) is 10.6 Å². The molecule has 0 spiro atoms. The Morgan fingerprint density at radius 3 is 2.50 bits per heavy atom. The van der Waals surface area contributed by atoms with E-state index in [9.17, 15) is 9.59 Å². The number of anilines is 1. The highest BCUT2D eigenvalue weighted by atomic mass is 32.1. The third-order valence-electron chi connectivity index (χ3n) is 3.35. The third kappa shape index (κ3) is 4.20. The fourth-order valence-electron chi connectivity index (χ4n) is 1.93. The molecule has 1 heterocycles. The van der Waals surface area contributed by atoms with Gasteiger partial charge in [0, 0.05) is 17.2 Å². The second kappa shape index (κ2) is 7.27. The van der Waals surface area contributed by atoms with Crippen LogP contribution in [-0.4, -0.2) is 22.1 Å². The van der Waals surface area contributed by atoms with Crippen molar-refractivity contribution in [3.63, 3.8) is 0 Å². The molecule has 0 unspecified atom stereocenters. The Kier molecular flexibility index (Phi) is 5.35. The average molecular weight is 346 g/mol. The molecule has 126 valence electrons. The van der Waals surface area contributed by atoms with Gasteiger partial charge in [-0.05, 0) is 42.9 Å². The summed E-state index contributed by atoms with van der Waals surface area (Å²) in [5, 5.41) is 14.7. The molecule has 0 saturated carbocycles. The van der Waals surface area contributed by atoms with Crippen LogP contribution in [0, 0.1) is 12.8 Å². The molecule has 6 nitrogen and oxygen atoms in total. The van der Waals surface area contributed by atoms with Gasteiger partial charge in [-0.2, -0.15) is 0 Å². The van der Waals surface area contributed by atoms with Crippen LogP contribution < -0.4 is 10.6 Å². The van der Waals surface area contributed by atoms with Crippen LogP contribution in [0.2, 0.25) is 0 Å².